The van der Waals surface area contributed by atoms with Gasteiger partial charge in [-0.2, -0.15) is 0 Å². The van der Waals surface area contributed by atoms with Gasteiger partial charge in [-0.05, 0) is 22.3 Å². The molecule has 0 N–H and O–H groups in total. The minimum absolute atomic E-state index is 0.0642. The highest BCUT2D eigenvalue weighted by molar-refractivity contribution is 5.79. The van der Waals surface area contributed by atoms with E-state index in [1.54, 1.807) is 7.05 Å². The standard InChI is InChI=1S/C23H25NO4/c1-3-13-26-15-16-27-14-12-24(2)23(25)28-17-22-20-10-6-4-8-18(20)19-9-5-7-11-21(19)22/h1,4-11,22H,12-17H2,2H3. The maximum absolute atomic E-state index is 12.3. The van der Waals surface area contributed by atoms with E-state index in [0.29, 0.717) is 33.0 Å². The molecule has 3 rings (SSSR count). The molecule has 0 aliphatic heterocycles. The Hall–Kier alpha value is -2.81. The molecule has 2 aromatic rings. The molecule has 0 spiro atoms. The average molecular weight is 379 g/mol. The lowest BCUT2D eigenvalue weighted by Crippen LogP contribution is -2.32. The van der Waals surface area contributed by atoms with Crippen molar-refractivity contribution in [2.24, 2.45) is 0 Å². The average Bonchev–Trinajstić information content (AvgIpc) is 3.05. The number of benzene rings is 2. The third-order valence-electron chi connectivity index (χ3n) is 4.78. The number of hydrogen-bond acceptors (Lipinski definition) is 4. The van der Waals surface area contributed by atoms with Crippen LogP contribution >= 0.6 is 0 Å². The Kier molecular flexibility index (Phi) is 7.07. The fraction of sp³-hybridized carbons (Fsp3) is 0.348. The highest BCUT2D eigenvalue weighted by atomic mass is 16.6. The van der Waals surface area contributed by atoms with Crippen molar-refractivity contribution < 1.29 is 19.0 Å². The lowest BCUT2D eigenvalue weighted by molar-refractivity contribution is 0.0473. The maximum atomic E-state index is 12.3. The molecule has 0 heterocycles. The number of likely N-dealkylation sites (N-methyl/N-ethyl adjacent to an activating group) is 1. The minimum atomic E-state index is -0.353. The van der Waals surface area contributed by atoms with Gasteiger partial charge >= 0.3 is 6.09 Å². The van der Waals surface area contributed by atoms with Gasteiger partial charge in [0, 0.05) is 19.5 Å². The van der Waals surface area contributed by atoms with E-state index < -0.39 is 0 Å². The summed E-state index contributed by atoms with van der Waals surface area (Å²) in [6.45, 7) is 2.35. The Morgan fingerprint density at radius 1 is 1.00 bits per heavy atom. The molecule has 0 unspecified atom stereocenters. The summed E-state index contributed by atoms with van der Waals surface area (Å²) in [7, 11) is 1.71. The number of amides is 1. The fourth-order valence-corrected chi connectivity index (χ4v) is 3.35. The van der Waals surface area contributed by atoms with Crippen LogP contribution in [-0.4, -0.2) is 57.6 Å². The predicted molar refractivity (Wildman–Crippen MR) is 108 cm³/mol. The van der Waals surface area contributed by atoms with Gasteiger partial charge in [0.1, 0.15) is 13.2 Å². The molecule has 0 fully saturated rings. The molecule has 1 amide bonds. The van der Waals surface area contributed by atoms with Gasteiger partial charge < -0.3 is 19.1 Å². The number of carbonyl (C=O) groups excluding carboxylic acids is 1. The monoisotopic (exact) mass is 379 g/mol. The van der Waals surface area contributed by atoms with Crippen LogP contribution in [0.1, 0.15) is 17.0 Å². The summed E-state index contributed by atoms with van der Waals surface area (Å²) in [5.41, 5.74) is 4.84. The van der Waals surface area contributed by atoms with Gasteiger partial charge in [-0.1, -0.05) is 54.5 Å². The van der Waals surface area contributed by atoms with Crippen molar-refractivity contribution in [2.75, 3.05) is 46.6 Å². The first-order chi connectivity index (χ1) is 13.7. The molecule has 5 nitrogen and oxygen atoms in total. The van der Waals surface area contributed by atoms with Crippen LogP contribution in [0.25, 0.3) is 11.1 Å². The van der Waals surface area contributed by atoms with Crippen LogP contribution < -0.4 is 0 Å². The number of carbonyl (C=O) groups is 1. The molecule has 0 atom stereocenters. The molecule has 0 bridgehead atoms. The molecule has 1 aliphatic carbocycles. The second kappa shape index (κ2) is 9.93. The van der Waals surface area contributed by atoms with Crippen molar-refractivity contribution in [3.63, 3.8) is 0 Å². The van der Waals surface area contributed by atoms with Gasteiger partial charge in [-0.3, -0.25) is 0 Å². The first-order valence-electron chi connectivity index (χ1n) is 9.37. The highest BCUT2D eigenvalue weighted by Gasteiger charge is 2.29. The van der Waals surface area contributed by atoms with Crippen molar-refractivity contribution in [3.05, 3.63) is 59.7 Å². The Morgan fingerprint density at radius 3 is 2.25 bits per heavy atom. The van der Waals surface area contributed by atoms with Crippen LogP contribution in [0.2, 0.25) is 0 Å². The van der Waals surface area contributed by atoms with Gasteiger partial charge in [-0.25, -0.2) is 4.79 Å². The van der Waals surface area contributed by atoms with E-state index in [1.807, 2.05) is 24.3 Å². The Labute approximate surface area is 166 Å². The van der Waals surface area contributed by atoms with Gasteiger partial charge in [0.15, 0.2) is 0 Å². The first kappa shape index (κ1) is 19.9. The zero-order valence-corrected chi connectivity index (χ0v) is 16.1. The quantitative estimate of drug-likeness (QED) is 0.494. The number of rotatable bonds is 9. The zero-order chi connectivity index (χ0) is 19.8. The Bertz CT molecular complexity index is 797. The summed E-state index contributed by atoms with van der Waals surface area (Å²) in [5.74, 6) is 2.46. The number of hydrogen-bond donors (Lipinski definition) is 0. The van der Waals surface area contributed by atoms with Gasteiger partial charge in [0.2, 0.25) is 0 Å². The number of terminal acetylenes is 1. The van der Waals surface area contributed by atoms with Crippen LogP contribution in [0.4, 0.5) is 4.79 Å². The molecule has 28 heavy (non-hydrogen) atoms. The first-order valence-corrected chi connectivity index (χ1v) is 9.37. The van der Waals surface area contributed by atoms with E-state index in [-0.39, 0.29) is 18.6 Å². The van der Waals surface area contributed by atoms with Gasteiger partial charge in [0.05, 0.1) is 19.8 Å². The molecule has 0 aromatic heterocycles. The number of ether oxygens (including phenoxy) is 3. The molecule has 0 radical (unpaired) electrons. The van der Waals surface area contributed by atoms with E-state index in [1.165, 1.54) is 27.2 Å². The van der Waals surface area contributed by atoms with Crippen molar-refractivity contribution in [1.29, 1.82) is 0 Å². The van der Waals surface area contributed by atoms with Crippen molar-refractivity contribution >= 4 is 6.09 Å². The van der Waals surface area contributed by atoms with Crippen LogP contribution in [0.3, 0.4) is 0 Å². The minimum Gasteiger partial charge on any atom is -0.448 e. The van der Waals surface area contributed by atoms with Crippen LogP contribution in [0.5, 0.6) is 0 Å². The van der Waals surface area contributed by atoms with E-state index in [0.717, 1.165) is 0 Å². The molecule has 0 saturated carbocycles. The lowest BCUT2D eigenvalue weighted by Gasteiger charge is -2.19. The topological polar surface area (TPSA) is 48.0 Å². The third kappa shape index (κ3) is 4.72. The van der Waals surface area contributed by atoms with Crippen molar-refractivity contribution in [2.45, 2.75) is 5.92 Å². The SMILES string of the molecule is C#CCOCCOCCN(C)C(=O)OCC1c2ccccc2-c2ccccc21. The van der Waals surface area contributed by atoms with Gasteiger partial charge in [-0.15, -0.1) is 6.42 Å². The molecular formula is C23H25NO4. The predicted octanol–water partition coefficient (Wildman–Crippen LogP) is 3.53. The van der Waals surface area contributed by atoms with Crippen LogP contribution in [0, 0.1) is 12.3 Å². The number of fused-ring (bicyclic) bond motifs is 3. The second-order valence-corrected chi connectivity index (χ2v) is 6.59. The lowest BCUT2D eigenvalue weighted by atomic mass is 9.98. The van der Waals surface area contributed by atoms with Crippen LogP contribution in [0.15, 0.2) is 48.5 Å². The fourth-order valence-electron chi connectivity index (χ4n) is 3.35. The Morgan fingerprint density at radius 2 is 1.61 bits per heavy atom. The largest absolute Gasteiger partial charge is 0.448 e. The summed E-state index contributed by atoms with van der Waals surface area (Å²) < 4.78 is 16.1. The summed E-state index contributed by atoms with van der Waals surface area (Å²) >= 11 is 0. The normalized spacial score (nSPS) is 12.1. The van der Waals surface area contributed by atoms with Crippen molar-refractivity contribution in [3.8, 4) is 23.5 Å². The second-order valence-electron chi connectivity index (χ2n) is 6.59. The zero-order valence-electron chi connectivity index (χ0n) is 16.1. The van der Waals surface area contributed by atoms with E-state index >= 15 is 0 Å². The Balaban J connectivity index is 1.48. The molecule has 0 saturated heterocycles. The van der Waals surface area contributed by atoms with E-state index in [9.17, 15) is 4.79 Å². The van der Waals surface area contributed by atoms with E-state index in [4.69, 9.17) is 20.6 Å². The van der Waals surface area contributed by atoms with Crippen molar-refractivity contribution in [1.82, 2.24) is 4.90 Å². The summed E-state index contributed by atoms with van der Waals surface area (Å²) in [6.07, 6.45) is 4.74. The molecule has 1 aliphatic rings. The number of nitrogens with zero attached hydrogens (tertiary/aromatic N) is 1. The maximum Gasteiger partial charge on any atom is 0.409 e. The molecule has 5 heteroatoms. The van der Waals surface area contributed by atoms with E-state index in [2.05, 4.69) is 30.2 Å². The smallest absolute Gasteiger partial charge is 0.409 e. The molecular weight excluding hydrogens is 354 g/mol. The summed E-state index contributed by atoms with van der Waals surface area (Å²) in [4.78, 5) is 13.9. The molecule has 2 aromatic carbocycles. The molecule has 146 valence electrons. The summed E-state index contributed by atoms with van der Waals surface area (Å²) in [6, 6.07) is 16.6. The highest BCUT2D eigenvalue weighted by Crippen LogP contribution is 2.44. The van der Waals surface area contributed by atoms with Gasteiger partial charge in [0.25, 0.3) is 0 Å². The third-order valence-corrected chi connectivity index (χ3v) is 4.78. The van der Waals surface area contributed by atoms with Crippen LogP contribution in [-0.2, 0) is 14.2 Å². The summed E-state index contributed by atoms with van der Waals surface area (Å²) in [5, 5.41) is 0.